The summed E-state index contributed by atoms with van der Waals surface area (Å²) in [6.07, 6.45) is 3.01. The number of rotatable bonds is 5. The van der Waals surface area contributed by atoms with Gasteiger partial charge in [0.1, 0.15) is 6.33 Å². The van der Waals surface area contributed by atoms with Crippen molar-refractivity contribution in [1.29, 1.82) is 0 Å². The Kier molecular flexibility index (Phi) is 5.00. The van der Waals surface area contributed by atoms with Crippen LogP contribution in [0.15, 0.2) is 42.9 Å². The van der Waals surface area contributed by atoms with Crippen LogP contribution in [0.4, 0.5) is 0 Å². The van der Waals surface area contributed by atoms with Crippen molar-refractivity contribution in [2.24, 2.45) is 5.73 Å². The highest BCUT2D eigenvalue weighted by atomic mass is 16.1. The van der Waals surface area contributed by atoms with Crippen LogP contribution in [-0.4, -0.2) is 22.4 Å². The number of carbonyl (C=O) groups is 1. The maximum atomic E-state index is 12.3. The summed E-state index contributed by atoms with van der Waals surface area (Å²) >= 11 is 0. The highest BCUT2D eigenvalue weighted by Crippen LogP contribution is 2.15. The molecule has 0 aliphatic rings. The molecule has 0 spiro atoms. The maximum Gasteiger partial charge on any atom is 0.254 e. The van der Waals surface area contributed by atoms with Gasteiger partial charge in [-0.3, -0.25) is 4.79 Å². The Bertz CT molecular complexity index is 598. The van der Waals surface area contributed by atoms with E-state index in [0.29, 0.717) is 12.1 Å². The Labute approximate surface area is 124 Å². The Morgan fingerprint density at radius 3 is 2.67 bits per heavy atom. The van der Waals surface area contributed by atoms with Crippen LogP contribution in [0.2, 0.25) is 0 Å². The minimum absolute atomic E-state index is 0.163. The van der Waals surface area contributed by atoms with Gasteiger partial charge < -0.3 is 11.1 Å². The number of nitrogens with one attached hydrogen (secondary N) is 1. The van der Waals surface area contributed by atoms with Crippen molar-refractivity contribution in [3.05, 3.63) is 59.7 Å². The normalized spacial score (nSPS) is 12.2. The average Bonchev–Trinajstić information content (AvgIpc) is 2.53. The van der Waals surface area contributed by atoms with Gasteiger partial charge in [-0.15, -0.1) is 0 Å². The number of nitrogens with zero attached hydrogens (tertiary/aromatic N) is 2. The number of aromatic nitrogens is 2. The first-order valence-electron chi connectivity index (χ1n) is 6.98. The number of benzene rings is 1. The number of amides is 1. The standard InChI is InChI=1S/C16H20N4O/c1-11(2)15-13(8-18-10-20-15)16(21)19-9-14(17)12-6-4-3-5-7-12/h3-8,10-11,14H,9,17H2,1-2H3,(H,19,21). The van der Waals surface area contributed by atoms with Crippen LogP contribution >= 0.6 is 0 Å². The quantitative estimate of drug-likeness (QED) is 0.880. The van der Waals surface area contributed by atoms with E-state index in [1.807, 2.05) is 44.2 Å². The van der Waals surface area contributed by atoms with E-state index >= 15 is 0 Å². The zero-order valence-electron chi connectivity index (χ0n) is 12.3. The minimum Gasteiger partial charge on any atom is -0.350 e. The molecule has 0 aliphatic carbocycles. The summed E-state index contributed by atoms with van der Waals surface area (Å²) in [5.41, 5.74) is 8.32. The van der Waals surface area contributed by atoms with Crippen LogP contribution in [0.1, 0.15) is 47.4 Å². The fraction of sp³-hybridized carbons (Fsp3) is 0.312. The highest BCUT2D eigenvalue weighted by Gasteiger charge is 2.16. The minimum atomic E-state index is -0.234. The molecular weight excluding hydrogens is 264 g/mol. The largest absolute Gasteiger partial charge is 0.350 e. The van der Waals surface area contributed by atoms with Gasteiger partial charge in [0.2, 0.25) is 0 Å². The lowest BCUT2D eigenvalue weighted by molar-refractivity contribution is 0.0949. The molecule has 0 aliphatic heterocycles. The molecule has 1 amide bonds. The van der Waals surface area contributed by atoms with E-state index < -0.39 is 0 Å². The molecule has 1 heterocycles. The molecule has 0 radical (unpaired) electrons. The van der Waals surface area contributed by atoms with Crippen molar-refractivity contribution in [2.75, 3.05) is 6.54 Å². The third kappa shape index (κ3) is 3.86. The van der Waals surface area contributed by atoms with Crippen LogP contribution < -0.4 is 11.1 Å². The molecule has 0 saturated heterocycles. The number of nitrogens with two attached hydrogens (primary N) is 1. The third-order valence-electron chi connectivity index (χ3n) is 3.24. The van der Waals surface area contributed by atoms with Crippen molar-refractivity contribution in [3.8, 4) is 0 Å². The lowest BCUT2D eigenvalue weighted by atomic mass is 10.0. The van der Waals surface area contributed by atoms with E-state index in [1.165, 1.54) is 6.33 Å². The molecular formula is C16H20N4O. The van der Waals surface area contributed by atoms with Gasteiger partial charge in [0.25, 0.3) is 5.91 Å². The molecule has 3 N–H and O–H groups in total. The number of carbonyl (C=O) groups excluding carboxylic acids is 1. The van der Waals surface area contributed by atoms with E-state index in [4.69, 9.17) is 5.73 Å². The van der Waals surface area contributed by atoms with E-state index in [-0.39, 0.29) is 17.9 Å². The van der Waals surface area contributed by atoms with Gasteiger partial charge in [0.15, 0.2) is 0 Å². The van der Waals surface area contributed by atoms with E-state index in [1.54, 1.807) is 6.20 Å². The van der Waals surface area contributed by atoms with Crippen molar-refractivity contribution in [3.63, 3.8) is 0 Å². The fourth-order valence-corrected chi connectivity index (χ4v) is 2.09. The molecule has 1 aromatic heterocycles. The second-order valence-electron chi connectivity index (χ2n) is 5.20. The van der Waals surface area contributed by atoms with Crippen LogP contribution in [0, 0.1) is 0 Å². The summed E-state index contributed by atoms with van der Waals surface area (Å²) in [6.45, 7) is 4.36. The zero-order valence-corrected chi connectivity index (χ0v) is 12.3. The first-order chi connectivity index (χ1) is 10.1. The number of hydrogen-bond acceptors (Lipinski definition) is 4. The van der Waals surface area contributed by atoms with Crippen molar-refractivity contribution in [2.45, 2.75) is 25.8 Å². The molecule has 110 valence electrons. The molecule has 0 fully saturated rings. The molecule has 21 heavy (non-hydrogen) atoms. The molecule has 1 atom stereocenters. The summed E-state index contributed by atoms with van der Waals surface area (Å²) in [4.78, 5) is 20.4. The Morgan fingerprint density at radius 2 is 2.00 bits per heavy atom. The second kappa shape index (κ2) is 6.95. The Balaban J connectivity index is 2.03. The van der Waals surface area contributed by atoms with Crippen LogP contribution in [-0.2, 0) is 0 Å². The lowest BCUT2D eigenvalue weighted by Crippen LogP contribution is -2.32. The lowest BCUT2D eigenvalue weighted by Gasteiger charge is -2.15. The molecule has 5 heteroatoms. The smallest absolute Gasteiger partial charge is 0.254 e. The fourth-order valence-electron chi connectivity index (χ4n) is 2.09. The Morgan fingerprint density at radius 1 is 1.29 bits per heavy atom. The van der Waals surface area contributed by atoms with E-state index in [9.17, 15) is 4.79 Å². The summed E-state index contributed by atoms with van der Waals surface area (Å²) in [5, 5.41) is 2.85. The predicted molar refractivity (Wildman–Crippen MR) is 81.8 cm³/mol. The highest BCUT2D eigenvalue weighted by molar-refractivity contribution is 5.95. The van der Waals surface area contributed by atoms with Crippen molar-refractivity contribution in [1.82, 2.24) is 15.3 Å². The number of hydrogen-bond donors (Lipinski definition) is 2. The van der Waals surface area contributed by atoms with Crippen molar-refractivity contribution < 1.29 is 4.79 Å². The van der Waals surface area contributed by atoms with Gasteiger partial charge in [-0.05, 0) is 11.5 Å². The molecule has 2 rings (SSSR count). The first kappa shape index (κ1) is 15.1. The SMILES string of the molecule is CC(C)c1ncncc1C(=O)NCC(N)c1ccccc1. The monoisotopic (exact) mass is 284 g/mol. The summed E-state index contributed by atoms with van der Waals surface area (Å²) in [6, 6.07) is 9.45. The molecule has 2 aromatic rings. The summed E-state index contributed by atoms with van der Waals surface area (Å²) in [5.74, 6) is -0.0257. The molecule has 0 saturated carbocycles. The average molecular weight is 284 g/mol. The van der Waals surface area contributed by atoms with Crippen LogP contribution in [0.3, 0.4) is 0 Å². The van der Waals surface area contributed by atoms with Gasteiger partial charge >= 0.3 is 0 Å². The molecule has 0 bridgehead atoms. The molecule has 1 unspecified atom stereocenters. The molecule has 5 nitrogen and oxygen atoms in total. The van der Waals surface area contributed by atoms with Crippen LogP contribution in [0.25, 0.3) is 0 Å². The van der Waals surface area contributed by atoms with E-state index in [2.05, 4.69) is 15.3 Å². The van der Waals surface area contributed by atoms with Crippen molar-refractivity contribution >= 4 is 5.91 Å². The van der Waals surface area contributed by atoms with E-state index in [0.717, 1.165) is 11.3 Å². The predicted octanol–water partition coefficient (Wildman–Crippen LogP) is 2.03. The van der Waals surface area contributed by atoms with Crippen LogP contribution in [0.5, 0.6) is 0 Å². The summed E-state index contributed by atoms with van der Waals surface area (Å²) < 4.78 is 0. The maximum absolute atomic E-state index is 12.3. The third-order valence-corrected chi connectivity index (χ3v) is 3.24. The zero-order chi connectivity index (χ0) is 15.2. The molecule has 1 aromatic carbocycles. The topological polar surface area (TPSA) is 80.9 Å². The second-order valence-corrected chi connectivity index (χ2v) is 5.20. The van der Waals surface area contributed by atoms with Gasteiger partial charge in [-0.2, -0.15) is 0 Å². The summed E-state index contributed by atoms with van der Waals surface area (Å²) in [7, 11) is 0. The van der Waals surface area contributed by atoms with Gasteiger partial charge in [0, 0.05) is 18.8 Å². The van der Waals surface area contributed by atoms with Gasteiger partial charge in [-0.1, -0.05) is 44.2 Å². The van der Waals surface area contributed by atoms with Gasteiger partial charge in [-0.25, -0.2) is 9.97 Å². The van der Waals surface area contributed by atoms with Gasteiger partial charge in [0.05, 0.1) is 11.3 Å². The first-order valence-corrected chi connectivity index (χ1v) is 6.98. The Hall–Kier alpha value is -2.27.